The third-order valence-electron chi connectivity index (χ3n) is 2.00. The fourth-order valence-corrected chi connectivity index (χ4v) is 4.11. The van der Waals surface area contributed by atoms with Crippen molar-refractivity contribution >= 4 is 38.6 Å². The predicted octanol–water partition coefficient (Wildman–Crippen LogP) is 4.13. The first-order valence-electron chi connectivity index (χ1n) is 3.83. The molecule has 13 heavy (non-hydrogen) atoms. The second-order valence-electron chi connectivity index (χ2n) is 2.81. The van der Waals surface area contributed by atoms with E-state index in [4.69, 9.17) is 4.74 Å². The van der Waals surface area contributed by atoms with Crippen molar-refractivity contribution in [2.24, 2.45) is 0 Å². The van der Waals surface area contributed by atoms with Crippen LogP contribution in [0.15, 0.2) is 21.3 Å². The minimum absolute atomic E-state index is 0.709. The van der Waals surface area contributed by atoms with Crippen LogP contribution in [0.4, 0.5) is 0 Å². The molecule has 0 saturated carbocycles. The SMILES string of the molecule is Brc1cc2c(s1)-c1sccc1OC2. The van der Waals surface area contributed by atoms with Gasteiger partial charge in [-0.1, -0.05) is 0 Å². The molecule has 0 fully saturated rings. The lowest BCUT2D eigenvalue weighted by Crippen LogP contribution is -1.99. The summed E-state index contributed by atoms with van der Waals surface area (Å²) in [4.78, 5) is 2.64. The van der Waals surface area contributed by atoms with E-state index in [1.165, 1.54) is 19.1 Å². The third kappa shape index (κ3) is 1.16. The summed E-state index contributed by atoms with van der Waals surface area (Å²) in [6, 6.07) is 4.18. The molecule has 0 aliphatic carbocycles. The van der Waals surface area contributed by atoms with Crippen LogP contribution in [-0.4, -0.2) is 0 Å². The van der Waals surface area contributed by atoms with Crippen LogP contribution in [0.5, 0.6) is 5.75 Å². The molecule has 0 spiro atoms. The fraction of sp³-hybridized carbons (Fsp3) is 0.111. The van der Waals surface area contributed by atoms with Crippen LogP contribution in [-0.2, 0) is 6.61 Å². The van der Waals surface area contributed by atoms with Gasteiger partial charge in [-0.2, -0.15) is 0 Å². The molecular weight excluding hydrogens is 268 g/mol. The van der Waals surface area contributed by atoms with Crippen molar-refractivity contribution in [3.05, 3.63) is 26.9 Å². The van der Waals surface area contributed by atoms with E-state index in [0.717, 1.165) is 5.75 Å². The van der Waals surface area contributed by atoms with Gasteiger partial charge in [-0.05, 0) is 33.4 Å². The van der Waals surface area contributed by atoms with Gasteiger partial charge in [-0.25, -0.2) is 0 Å². The minimum Gasteiger partial charge on any atom is -0.487 e. The lowest BCUT2D eigenvalue weighted by Gasteiger charge is -2.12. The Kier molecular flexibility index (Phi) is 1.75. The molecule has 1 aliphatic rings. The Morgan fingerprint density at radius 3 is 3.23 bits per heavy atom. The van der Waals surface area contributed by atoms with Crippen LogP contribution in [0, 0.1) is 0 Å². The Hall–Kier alpha value is -0.320. The van der Waals surface area contributed by atoms with Gasteiger partial charge in [-0.15, -0.1) is 22.7 Å². The van der Waals surface area contributed by atoms with Gasteiger partial charge >= 0.3 is 0 Å². The first kappa shape index (κ1) is 8.03. The second-order valence-corrected chi connectivity index (χ2v) is 6.16. The smallest absolute Gasteiger partial charge is 0.139 e. The molecule has 3 heterocycles. The Morgan fingerprint density at radius 2 is 2.31 bits per heavy atom. The van der Waals surface area contributed by atoms with Gasteiger partial charge < -0.3 is 4.74 Å². The Balaban J connectivity index is 2.29. The Bertz CT molecular complexity index is 458. The molecule has 0 bridgehead atoms. The first-order chi connectivity index (χ1) is 6.34. The standard InChI is InChI=1S/C9H5BrOS2/c10-7-3-5-4-11-6-1-2-12-9(6)8(5)13-7/h1-3H,4H2. The quantitative estimate of drug-likeness (QED) is 0.701. The molecule has 0 N–H and O–H groups in total. The lowest BCUT2D eigenvalue weighted by molar-refractivity contribution is 0.304. The van der Waals surface area contributed by atoms with E-state index in [1.807, 2.05) is 6.07 Å². The highest BCUT2D eigenvalue weighted by Gasteiger charge is 2.20. The zero-order valence-electron chi connectivity index (χ0n) is 6.54. The largest absolute Gasteiger partial charge is 0.487 e. The zero-order chi connectivity index (χ0) is 8.84. The van der Waals surface area contributed by atoms with E-state index in [1.54, 1.807) is 22.7 Å². The fourth-order valence-electron chi connectivity index (χ4n) is 1.43. The summed E-state index contributed by atoms with van der Waals surface area (Å²) >= 11 is 7.03. The number of hydrogen-bond donors (Lipinski definition) is 0. The minimum atomic E-state index is 0.709. The monoisotopic (exact) mass is 272 g/mol. The third-order valence-corrected chi connectivity index (χ3v) is 4.74. The van der Waals surface area contributed by atoms with Crippen LogP contribution in [0.2, 0.25) is 0 Å². The molecule has 0 radical (unpaired) electrons. The summed E-state index contributed by atoms with van der Waals surface area (Å²) in [6.07, 6.45) is 0. The van der Waals surface area contributed by atoms with E-state index in [0.29, 0.717) is 6.61 Å². The predicted molar refractivity (Wildman–Crippen MR) is 59.7 cm³/mol. The summed E-state index contributed by atoms with van der Waals surface area (Å²) < 4.78 is 6.78. The number of rotatable bonds is 0. The van der Waals surface area contributed by atoms with Gasteiger partial charge in [0.05, 0.1) is 13.5 Å². The van der Waals surface area contributed by atoms with E-state index in [-0.39, 0.29) is 0 Å². The van der Waals surface area contributed by atoms with Gasteiger partial charge in [0.1, 0.15) is 12.4 Å². The average molecular weight is 273 g/mol. The van der Waals surface area contributed by atoms with E-state index >= 15 is 0 Å². The van der Waals surface area contributed by atoms with Crippen LogP contribution in [0.1, 0.15) is 5.56 Å². The van der Waals surface area contributed by atoms with Crippen molar-refractivity contribution < 1.29 is 4.74 Å². The number of hydrogen-bond acceptors (Lipinski definition) is 3. The summed E-state index contributed by atoms with van der Waals surface area (Å²) in [6.45, 7) is 0.709. The summed E-state index contributed by atoms with van der Waals surface area (Å²) in [5.41, 5.74) is 1.30. The lowest BCUT2D eigenvalue weighted by atomic mass is 10.2. The van der Waals surface area contributed by atoms with Gasteiger partial charge in [0.2, 0.25) is 0 Å². The van der Waals surface area contributed by atoms with Gasteiger partial charge in [0, 0.05) is 5.56 Å². The maximum atomic E-state index is 5.60. The molecule has 1 aliphatic heterocycles. The highest BCUT2D eigenvalue weighted by molar-refractivity contribution is 9.11. The normalized spacial score (nSPS) is 13.3. The molecule has 0 saturated heterocycles. The maximum Gasteiger partial charge on any atom is 0.139 e. The van der Waals surface area contributed by atoms with Crippen LogP contribution >= 0.6 is 38.6 Å². The Labute approximate surface area is 92.1 Å². The molecule has 0 aromatic carbocycles. The highest BCUT2D eigenvalue weighted by atomic mass is 79.9. The van der Waals surface area contributed by atoms with Crippen molar-refractivity contribution in [1.29, 1.82) is 0 Å². The molecule has 4 heteroatoms. The summed E-state index contributed by atoms with van der Waals surface area (Å²) in [5.74, 6) is 1.03. The topological polar surface area (TPSA) is 9.23 Å². The van der Waals surface area contributed by atoms with Crippen molar-refractivity contribution in [3.63, 3.8) is 0 Å². The zero-order valence-corrected chi connectivity index (χ0v) is 9.76. The van der Waals surface area contributed by atoms with Gasteiger partial charge in [-0.3, -0.25) is 0 Å². The summed E-state index contributed by atoms with van der Waals surface area (Å²) in [7, 11) is 0. The second kappa shape index (κ2) is 2.83. The van der Waals surface area contributed by atoms with Gasteiger partial charge in [0.15, 0.2) is 0 Å². The summed E-state index contributed by atoms with van der Waals surface area (Å²) in [5, 5.41) is 2.08. The van der Waals surface area contributed by atoms with Gasteiger partial charge in [0.25, 0.3) is 0 Å². The molecular formula is C9H5BrOS2. The molecule has 1 nitrogen and oxygen atoms in total. The van der Waals surface area contributed by atoms with Crippen molar-refractivity contribution in [2.75, 3.05) is 0 Å². The first-order valence-corrected chi connectivity index (χ1v) is 6.32. The van der Waals surface area contributed by atoms with Crippen LogP contribution in [0.3, 0.4) is 0 Å². The molecule has 2 aromatic rings. The maximum absolute atomic E-state index is 5.60. The number of thiophene rings is 2. The molecule has 0 atom stereocenters. The van der Waals surface area contributed by atoms with E-state index < -0.39 is 0 Å². The molecule has 2 aromatic heterocycles. The number of halogens is 1. The van der Waals surface area contributed by atoms with Crippen LogP contribution in [0.25, 0.3) is 9.75 Å². The van der Waals surface area contributed by atoms with Crippen molar-refractivity contribution in [1.82, 2.24) is 0 Å². The number of ether oxygens (including phenoxy) is 1. The molecule has 0 unspecified atom stereocenters. The van der Waals surface area contributed by atoms with E-state index in [2.05, 4.69) is 27.4 Å². The Morgan fingerprint density at radius 1 is 1.38 bits per heavy atom. The van der Waals surface area contributed by atoms with E-state index in [9.17, 15) is 0 Å². The van der Waals surface area contributed by atoms with Crippen LogP contribution < -0.4 is 4.74 Å². The molecule has 66 valence electrons. The number of fused-ring (bicyclic) bond motifs is 3. The molecule has 3 rings (SSSR count). The molecule has 0 amide bonds. The van der Waals surface area contributed by atoms with Crippen molar-refractivity contribution in [2.45, 2.75) is 6.61 Å². The highest BCUT2D eigenvalue weighted by Crippen LogP contribution is 2.46. The van der Waals surface area contributed by atoms with Crippen molar-refractivity contribution in [3.8, 4) is 15.5 Å². The average Bonchev–Trinajstić information content (AvgIpc) is 2.65.